The van der Waals surface area contributed by atoms with Gasteiger partial charge in [-0.25, -0.2) is 4.79 Å². The Morgan fingerprint density at radius 3 is 2.04 bits per heavy atom. The van der Waals surface area contributed by atoms with Gasteiger partial charge in [0.2, 0.25) is 0 Å². The lowest BCUT2D eigenvalue weighted by Crippen LogP contribution is -2.58. The molecule has 4 bridgehead atoms. The van der Waals surface area contributed by atoms with Crippen molar-refractivity contribution in [2.75, 3.05) is 13.7 Å². The summed E-state index contributed by atoms with van der Waals surface area (Å²) < 4.78 is 25.0. The molecule has 0 saturated heterocycles. The fourth-order valence-corrected chi connectivity index (χ4v) is 12.2. The first-order valence-electron chi connectivity index (χ1n) is 16.3. The monoisotopic (exact) mass is 746 g/mol. The van der Waals surface area contributed by atoms with Crippen LogP contribution < -0.4 is 14.2 Å². The lowest BCUT2D eigenvalue weighted by molar-refractivity contribution is -0.204. The van der Waals surface area contributed by atoms with E-state index in [1.165, 1.54) is 57.9 Å². The van der Waals surface area contributed by atoms with Crippen molar-refractivity contribution in [2.24, 2.45) is 23.7 Å². The summed E-state index contributed by atoms with van der Waals surface area (Å²) in [6.45, 7) is 2.42. The predicted molar refractivity (Wildman–Crippen MR) is 189 cm³/mol. The molecule has 0 N–H and O–H groups in total. The fourth-order valence-electron chi connectivity index (χ4n) is 8.75. The van der Waals surface area contributed by atoms with E-state index >= 15 is 0 Å². The number of carbonyl (C=O) groups is 1. The number of hydrogen-bond donors (Lipinski definition) is 1. The second-order valence-corrected chi connectivity index (χ2v) is 16.8. The van der Waals surface area contributed by atoms with Crippen molar-refractivity contribution >= 4 is 39.5 Å². The van der Waals surface area contributed by atoms with Gasteiger partial charge in [-0.2, -0.15) is 10.9 Å². The number of esters is 1. The average Bonchev–Trinajstić information content (AvgIpc) is 3.40. The second kappa shape index (κ2) is 12.1. The van der Waals surface area contributed by atoms with E-state index in [2.05, 4.69) is 102 Å². The van der Waals surface area contributed by atoms with Gasteiger partial charge < -0.3 is 18.9 Å². The molecule has 0 aromatic heterocycles. The molecule has 4 aliphatic carbocycles. The minimum absolute atomic E-state index is 0.131. The van der Waals surface area contributed by atoms with Crippen molar-refractivity contribution in [3.05, 3.63) is 94.1 Å². The summed E-state index contributed by atoms with van der Waals surface area (Å²) >= 11 is 2.24. The van der Waals surface area contributed by atoms with E-state index < -0.39 is 10.9 Å². The normalized spacial score (nSPS) is 25.9. The van der Waals surface area contributed by atoms with Gasteiger partial charge in [0.05, 0.1) is 10.7 Å². The zero-order chi connectivity index (χ0) is 31.4. The first-order chi connectivity index (χ1) is 22.4. The number of rotatable bonds is 9. The molecule has 4 fully saturated rings. The maximum atomic E-state index is 13.1. The molecule has 5 nitrogen and oxygen atoms in total. The summed E-state index contributed by atoms with van der Waals surface area (Å²) in [7, 11) is 1.03. The number of benzene rings is 4. The Kier molecular flexibility index (Phi) is 7.96. The molecular formula is C39H39IO5S. The molecule has 7 heteroatoms. The molecular weight excluding hydrogens is 707 g/mol. The van der Waals surface area contributed by atoms with Crippen molar-refractivity contribution in [3.8, 4) is 28.4 Å². The summed E-state index contributed by atoms with van der Waals surface area (Å²) in [5, 5.41) is 0. The number of halogens is 1. The molecule has 4 saturated carbocycles. The number of hydrogen-bond acceptors (Lipinski definition) is 5. The second-order valence-electron chi connectivity index (χ2n) is 13.5. The summed E-state index contributed by atoms with van der Waals surface area (Å²) in [5.74, 6) is 4.27. The van der Waals surface area contributed by atoms with Gasteiger partial charge in [-0.15, -0.1) is 0 Å². The first kappa shape index (κ1) is 30.2. The Balaban J connectivity index is 0.910. The molecule has 4 aromatic rings. The van der Waals surface area contributed by atoms with Gasteiger partial charge in [0.15, 0.2) is 18.1 Å². The van der Waals surface area contributed by atoms with Gasteiger partial charge in [0, 0.05) is 9.79 Å². The minimum Gasteiger partial charge on any atom is -0.493 e. The molecule has 0 radical (unpaired) electrons. The molecule has 5 aliphatic rings. The van der Waals surface area contributed by atoms with Crippen LogP contribution in [0.2, 0.25) is 0 Å². The van der Waals surface area contributed by atoms with Crippen LogP contribution in [0.25, 0.3) is 11.1 Å². The van der Waals surface area contributed by atoms with E-state index in [9.17, 15) is 4.79 Å². The first-order valence-corrected chi connectivity index (χ1v) is 18.7. The quantitative estimate of drug-likeness (QED) is 0.0926. The fraction of sp³-hybridized carbons (Fsp3) is 0.359. The third kappa shape index (κ3) is 5.37. The Morgan fingerprint density at radius 2 is 1.43 bits per heavy atom. The van der Waals surface area contributed by atoms with Crippen LogP contribution in [0.5, 0.6) is 17.2 Å². The topological polar surface area (TPSA) is 54.0 Å². The summed E-state index contributed by atoms with van der Waals surface area (Å²) in [6.07, 6.45) is 6.16. The molecule has 9 rings (SSSR count). The van der Waals surface area contributed by atoms with Gasteiger partial charge in [-0.05, 0) is 155 Å². The van der Waals surface area contributed by atoms with Crippen LogP contribution >= 0.6 is 33.5 Å². The van der Waals surface area contributed by atoms with Crippen molar-refractivity contribution in [3.63, 3.8) is 0 Å². The SMILES string of the molecule is COc1cc(COc2ccc([SH]3c4ccccc4-c4ccccc43)cc2)cc(I)c1OCC(=O)OC1(C)C2CC3CC(C2)CC1C3. The summed E-state index contributed by atoms with van der Waals surface area (Å²) in [6, 6.07) is 30.0. The van der Waals surface area contributed by atoms with Gasteiger partial charge in [-0.1, -0.05) is 36.4 Å². The maximum absolute atomic E-state index is 13.1. The van der Waals surface area contributed by atoms with Gasteiger partial charge in [0.1, 0.15) is 18.0 Å². The van der Waals surface area contributed by atoms with E-state index in [4.69, 9.17) is 18.9 Å². The van der Waals surface area contributed by atoms with Crippen molar-refractivity contribution < 1.29 is 23.7 Å². The summed E-state index contributed by atoms with van der Waals surface area (Å²) in [5.41, 5.74) is 3.28. The lowest BCUT2D eigenvalue weighted by Gasteiger charge is -2.59. The molecule has 1 heterocycles. The highest BCUT2D eigenvalue weighted by Gasteiger charge is 2.57. The largest absolute Gasteiger partial charge is 0.493 e. The highest BCUT2D eigenvalue weighted by atomic mass is 127. The number of thiol groups is 1. The van der Waals surface area contributed by atoms with Crippen LogP contribution in [0.4, 0.5) is 0 Å². The zero-order valence-electron chi connectivity index (χ0n) is 26.2. The molecule has 0 amide bonds. The lowest BCUT2D eigenvalue weighted by atomic mass is 9.50. The van der Waals surface area contributed by atoms with Gasteiger partial charge in [0.25, 0.3) is 0 Å². The highest BCUT2D eigenvalue weighted by Crippen LogP contribution is 2.62. The molecule has 0 spiro atoms. The van der Waals surface area contributed by atoms with E-state index in [1.807, 2.05) is 12.1 Å². The maximum Gasteiger partial charge on any atom is 0.344 e. The Bertz CT molecular complexity index is 1710. The Morgan fingerprint density at radius 1 is 0.826 bits per heavy atom. The van der Waals surface area contributed by atoms with Crippen LogP contribution in [-0.4, -0.2) is 25.3 Å². The summed E-state index contributed by atoms with van der Waals surface area (Å²) in [4.78, 5) is 17.2. The van der Waals surface area contributed by atoms with Crippen LogP contribution in [0.3, 0.4) is 0 Å². The molecule has 1 aliphatic heterocycles. The number of methoxy groups -OCH3 is 1. The Labute approximate surface area is 287 Å². The van der Waals surface area contributed by atoms with E-state index in [0.29, 0.717) is 29.9 Å². The smallest absolute Gasteiger partial charge is 0.344 e. The number of fused-ring (bicyclic) bond motifs is 3. The predicted octanol–water partition coefficient (Wildman–Crippen LogP) is 9.47. The highest BCUT2D eigenvalue weighted by molar-refractivity contribution is 14.1. The Hall–Kier alpha value is -3.17. The average molecular weight is 747 g/mol. The van der Waals surface area contributed by atoms with E-state index in [1.54, 1.807) is 7.11 Å². The molecule has 0 unspecified atom stereocenters. The van der Waals surface area contributed by atoms with Gasteiger partial charge >= 0.3 is 5.97 Å². The van der Waals surface area contributed by atoms with Crippen molar-refractivity contribution in [1.82, 2.24) is 0 Å². The molecule has 4 aromatic carbocycles. The third-order valence-corrected chi connectivity index (χ3v) is 14.2. The standard InChI is InChI=1S/C39H39IO5S/c1-39(27-16-24-15-25(18-27)19-28(39)17-24)45-37(41)23-44-38-33(40)20-26(21-34(38)42-2)22-43-29-11-13-30(14-12-29)46-35-9-5-3-7-31(35)32-8-4-6-10-36(32)46/h3-14,20-21,24-25,27-28,46H,15-19,22-23H2,1-2H3. The molecule has 46 heavy (non-hydrogen) atoms. The zero-order valence-corrected chi connectivity index (χ0v) is 29.3. The van der Waals surface area contributed by atoms with Crippen LogP contribution in [0.1, 0.15) is 44.6 Å². The molecule has 238 valence electrons. The van der Waals surface area contributed by atoms with Gasteiger partial charge in [-0.3, -0.25) is 0 Å². The number of ether oxygens (including phenoxy) is 4. The van der Waals surface area contributed by atoms with Crippen LogP contribution in [-0.2, 0) is 16.1 Å². The molecule has 0 atom stereocenters. The van der Waals surface area contributed by atoms with Crippen molar-refractivity contribution in [1.29, 1.82) is 0 Å². The van der Waals surface area contributed by atoms with Crippen LogP contribution in [0, 0.1) is 27.2 Å². The number of carbonyl (C=O) groups excluding carboxylic acids is 1. The van der Waals surface area contributed by atoms with Crippen molar-refractivity contribution in [2.45, 2.75) is 65.9 Å². The van der Waals surface area contributed by atoms with E-state index in [-0.39, 0.29) is 18.2 Å². The minimum atomic E-state index is -0.592. The van der Waals surface area contributed by atoms with Crippen LogP contribution in [0.15, 0.2) is 99.6 Å². The van der Waals surface area contributed by atoms with E-state index in [0.717, 1.165) is 26.7 Å². The third-order valence-electron chi connectivity index (χ3n) is 10.8.